The quantitative estimate of drug-likeness (QED) is 0.362. The van der Waals surface area contributed by atoms with E-state index in [2.05, 4.69) is 15.3 Å². The fraction of sp³-hybridized carbons (Fsp3) is 0.357. The van der Waals surface area contributed by atoms with Crippen LogP contribution in [0, 0.1) is 10.1 Å². The monoisotopic (exact) mass is 304 g/mol. The first-order valence-electron chi connectivity index (χ1n) is 6.91. The lowest BCUT2D eigenvalue weighted by atomic mass is 10.2. The number of ether oxygens (including phenoxy) is 1. The molecule has 0 aromatic carbocycles. The molecule has 0 aliphatic carbocycles. The molecule has 2 aromatic rings. The van der Waals surface area contributed by atoms with E-state index in [-0.39, 0.29) is 23.9 Å². The highest BCUT2D eigenvalue weighted by atomic mass is 16.6. The number of nitrogens with one attached hydrogen (secondary N) is 1. The number of carbonyl (C=O) groups excluding carboxylic acids is 1. The molecule has 0 bridgehead atoms. The van der Waals surface area contributed by atoms with E-state index in [1.807, 2.05) is 0 Å². The summed E-state index contributed by atoms with van der Waals surface area (Å²) in [6, 6.07) is 4.83. The van der Waals surface area contributed by atoms with Crippen LogP contribution in [0.2, 0.25) is 0 Å². The Kier molecular flexibility index (Phi) is 5.18. The van der Waals surface area contributed by atoms with Crippen molar-refractivity contribution in [3.05, 3.63) is 34.5 Å². The highest BCUT2D eigenvalue weighted by molar-refractivity contribution is 5.80. The summed E-state index contributed by atoms with van der Waals surface area (Å²) in [4.78, 5) is 30.1. The van der Waals surface area contributed by atoms with Gasteiger partial charge in [0.2, 0.25) is 5.82 Å². The molecule has 1 N–H and O–H groups in total. The van der Waals surface area contributed by atoms with Gasteiger partial charge in [0.05, 0.1) is 22.6 Å². The molecule has 2 heterocycles. The Labute approximate surface area is 126 Å². The Hall–Kier alpha value is -2.77. The van der Waals surface area contributed by atoms with E-state index in [0.717, 1.165) is 0 Å². The summed E-state index contributed by atoms with van der Waals surface area (Å²) in [6.07, 6.45) is 2.31. The van der Waals surface area contributed by atoms with Crippen LogP contribution in [0.3, 0.4) is 0 Å². The van der Waals surface area contributed by atoms with Gasteiger partial charge in [0.25, 0.3) is 0 Å². The van der Waals surface area contributed by atoms with Crippen molar-refractivity contribution in [2.75, 3.05) is 18.5 Å². The number of esters is 1. The lowest BCUT2D eigenvalue weighted by molar-refractivity contribution is -0.384. The number of carbonyl (C=O) groups is 1. The molecule has 0 saturated carbocycles. The lowest BCUT2D eigenvalue weighted by Gasteiger charge is -2.07. The van der Waals surface area contributed by atoms with Crippen LogP contribution < -0.4 is 5.32 Å². The van der Waals surface area contributed by atoms with Crippen LogP contribution in [-0.4, -0.2) is 34.0 Å². The Morgan fingerprint density at radius 3 is 3.00 bits per heavy atom. The number of pyridine rings is 2. The van der Waals surface area contributed by atoms with Gasteiger partial charge in [0.1, 0.15) is 0 Å². The molecule has 0 atom stereocenters. The van der Waals surface area contributed by atoms with Crippen LogP contribution >= 0.6 is 0 Å². The molecule has 2 rings (SSSR count). The molecule has 0 fully saturated rings. The third-order valence-corrected chi connectivity index (χ3v) is 2.92. The Balaban J connectivity index is 2.07. The third kappa shape index (κ3) is 3.87. The van der Waals surface area contributed by atoms with Crippen molar-refractivity contribution in [1.29, 1.82) is 0 Å². The SMILES string of the molecule is CCOC(=O)CCCNc1nc2cccnc2cc1[N+](=O)[O-]. The molecule has 0 aliphatic rings. The number of hydrogen-bond acceptors (Lipinski definition) is 7. The molecule has 0 amide bonds. The van der Waals surface area contributed by atoms with E-state index in [1.54, 1.807) is 25.3 Å². The number of nitrogens with zero attached hydrogens (tertiary/aromatic N) is 3. The summed E-state index contributed by atoms with van der Waals surface area (Å²) >= 11 is 0. The van der Waals surface area contributed by atoms with Crippen LogP contribution in [0.1, 0.15) is 19.8 Å². The standard InChI is InChI=1S/C14H16N4O4/c1-2-22-13(19)6-4-8-16-14-12(18(20)21)9-11-10(17-14)5-3-7-15-11/h3,5,7,9H,2,4,6,8H2,1H3,(H,16,17). The van der Waals surface area contributed by atoms with Gasteiger partial charge in [-0.05, 0) is 25.5 Å². The van der Waals surface area contributed by atoms with Crippen molar-refractivity contribution in [2.24, 2.45) is 0 Å². The van der Waals surface area contributed by atoms with Crippen LogP contribution in [-0.2, 0) is 9.53 Å². The predicted molar refractivity (Wildman–Crippen MR) is 80.5 cm³/mol. The maximum atomic E-state index is 11.2. The highest BCUT2D eigenvalue weighted by Gasteiger charge is 2.17. The number of hydrogen-bond donors (Lipinski definition) is 1. The summed E-state index contributed by atoms with van der Waals surface area (Å²) in [5.41, 5.74) is 0.898. The highest BCUT2D eigenvalue weighted by Crippen LogP contribution is 2.25. The van der Waals surface area contributed by atoms with Crippen molar-refractivity contribution < 1.29 is 14.5 Å². The fourth-order valence-corrected chi connectivity index (χ4v) is 1.93. The molecule has 0 unspecified atom stereocenters. The average molecular weight is 304 g/mol. The van der Waals surface area contributed by atoms with Crippen molar-refractivity contribution >= 4 is 28.5 Å². The van der Waals surface area contributed by atoms with Crippen LogP contribution in [0.4, 0.5) is 11.5 Å². The van der Waals surface area contributed by atoms with Gasteiger partial charge in [-0.1, -0.05) is 0 Å². The molecule has 0 spiro atoms. The summed E-state index contributed by atoms with van der Waals surface area (Å²) in [5.74, 6) is -0.108. The van der Waals surface area contributed by atoms with Gasteiger partial charge in [0.15, 0.2) is 0 Å². The smallest absolute Gasteiger partial charge is 0.313 e. The van der Waals surface area contributed by atoms with Crippen LogP contribution in [0.15, 0.2) is 24.4 Å². The zero-order chi connectivity index (χ0) is 15.9. The van der Waals surface area contributed by atoms with E-state index >= 15 is 0 Å². The minimum absolute atomic E-state index is 0.137. The summed E-state index contributed by atoms with van der Waals surface area (Å²) in [7, 11) is 0. The lowest BCUT2D eigenvalue weighted by Crippen LogP contribution is -2.10. The van der Waals surface area contributed by atoms with Crippen molar-refractivity contribution in [1.82, 2.24) is 9.97 Å². The van der Waals surface area contributed by atoms with E-state index < -0.39 is 4.92 Å². The summed E-state index contributed by atoms with van der Waals surface area (Å²) < 4.78 is 4.81. The topological polar surface area (TPSA) is 107 Å². The predicted octanol–water partition coefficient (Wildman–Crippen LogP) is 2.29. The number of fused-ring (bicyclic) bond motifs is 1. The van der Waals surface area contributed by atoms with Crippen LogP contribution in [0.25, 0.3) is 11.0 Å². The first-order chi connectivity index (χ1) is 10.6. The molecule has 116 valence electrons. The first kappa shape index (κ1) is 15.6. The first-order valence-corrected chi connectivity index (χ1v) is 6.91. The number of nitro groups is 1. The third-order valence-electron chi connectivity index (χ3n) is 2.92. The van der Waals surface area contributed by atoms with Crippen LogP contribution in [0.5, 0.6) is 0 Å². The zero-order valence-electron chi connectivity index (χ0n) is 12.1. The van der Waals surface area contributed by atoms with Gasteiger partial charge in [-0.25, -0.2) is 4.98 Å². The summed E-state index contributed by atoms with van der Waals surface area (Å²) in [5, 5.41) is 14.0. The molecule has 0 aliphatic heterocycles. The van der Waals surface area contributed by atoms with E-state index in [0.29, 0.717) is 30.6 Å². The summed E-state index contributed by atoms with van der Waals surface area (Å²) in [6.45, 7) is 2.47. The second kappa shape index (κ2) is 7.30. The molecule has 0 radical (unpaired) electrons. The Morgan fingerprint density at radius 2 is 2.27 bits per heavy atom. The van der Waals surface area contributed by atoms with Crippen molar-refractivity contribution in [3.63, 3.8) is 0 Å². The molecule has 8 heteroatoms. The largest absolute Gasteiger partial charge is 0.466 e. The molecule has 8 nitrogen and oxygen atoms in total. The fourth-order valence-electron chi connectivity index (χ4n) is 1.93. The maximum absolute atomic E-state index is 11.2. The van der Waals surface area contributed by atoms with Gasteiger partial charge in [-0.15, -0.1) is 0 Å². The number of aromatic nitrogens is 2. The Bertz CT molecular complexity index is 690. The molecular weight excluding hydrogens is 288 g/mol. The molecule has 2 aromatic heterocycles. The van der Waals surface area contributed by atoms with Gasteiger partial charge < -0.3 is 10.1 Å². The van der Waals surface area contributed by atoms with E-state index in [4.69, 9.17) is 4.74 Å². The average Bonchev–Trinajstić information content (AvgIpc) is 2.51. The minimum atomic E-state index is -0.505. The van der Waals surface area contributed by atoms with Gasteiger partial charge in [0, 0.05) is 25.2 Å². The van der Waals surface area contributed by atoms with Gasteiger partial charge in [-0.2, -0.15) is 0 Å². The van der Waals surface area contributed by atoms with Crippen molar-refractivity contribution in [2.45, 2.75) is 19.8 Å². The van der Waals surface area contributed by atoms with E-state index in [1.165, 1.54) is 6.07 Å². The molecule has 22 heavy (non-hydrogen) atoms. The van der Waals surface area contributed by atoms with Gasteiger partial charge in [-0.3, -0.25) is 19.9 Å². The normalized spacial score (nSPS) is 10.4. The van der Waals surface area contributed by atoms with Crippen molar-refractivity contribution in [3.8, 4) is 0 Å². The molecule has 0 saturated heterocycles. The van der Waals surface area contributed by atoms with Gasteiger partial charge >= 0.3 is 11.7 Å². The minimum Gasteiger partial charge on any atom is -0.466 e. The zero-order valence-corrected chi connectivity index (χ0v) is 12.1. The maximum Gasteiger partial charge on any atom is 0.313 e. The Morgan fingerprint density at radius 1 is 1.45 bits per heavy atom. The number of anilines is 1. The second-order valence-corrected chi connectivity index (χ2v) is 4.49. The molecular formula is C14H16N4O4. The second-order valence-electron chi connectivity index (χ2n) is 4.49. The number of rotatable bonds is 7. The van der Waals surface area contributed by atoms with E-state index in [9.17, 15) is 14.9 Å².